The second-order valence-electron chi connectivity index (χ2n) is 19.4. The summed E-state index contributed by atoms with van der Waals surface area (Å²) >= 11 is 0. The van der Waals surface area contributed by atoms with Gasteiger partial charge in [0.2, 0.25) is 0 Å². The minimum Gasteiger partial charge on any atom is -0.462 e. The van der Waals surface area contributed by atoms with Crippen molar-refractivity contribution in [2.45, 2.75) is 288 Å². The molecule has 0 bridgehead atoms. The van der Waals surface area contributed by atoms with E-state index in [-0.39, 0.29) is 12.8 Å². The quantitative estimate of drug-likeness (QED) is 0.0145. The average molecular weight is 1000 g/mol. The van der Waals surface area contributed by atoms with Gasteiger partial charge in [0.05, 0.1) is 6.61 Å². The molecule has 1 aliphatic rings. The third-order valence-corrected chi connectivity index (χ3v) is 13.9. The molecule has 0 aliphatic heterocycles. The van der Waals surface area contributed by atoms with Crippen LogP contribution >= 0.6 is 7.82 Å². The molecule has 14 heteroatoms. The molecule has 69 heavy (non-hydrogen) atoms. The zero-order valence-corrected chi connectivity index (χ0v) is 44.3. The fourth-order valence-electron chi connectivity index (χ4n) is 8.48. The number of ether oxygens (including phenoxy) is 2. The van der Waals surface area contributed by atoms with Crippen LogP contribution in [0.25, 0.3) is 0 Å². The predicted molar refractivity (Wildman–Crippen MR) is 277 cm³/mol. The van der Waals surface area contributed by atoms with Crippen LogP contribution in [0, 0.1) is 0 Å². The molecular weight excluding hydrogens is 900 g/mol. The van der Waals surface area contributed by atoms with Crippen molar-refractivity contribution in [3.63, 3.8) is 0 Å². The van der Waals surface area contributed by atoms with E-state index in [0.29, 0.717) is 19.3 Å². The van der Waals surface area contributed by atoms with Gasteiger partial charge in [0.1, 0.15) is 43.2 Å². The number of aliphatic hydroxyl groups is 5. The molecule has 6 unspecified atom stereocenters. The second-order valence-corrected chi connectivity index (χ2v) is 20.8. The van der Waals surface area contributed by atoms with E-state index in [0.717, 1.165) is 57.8 Å². The lowest BCUT2D eigenvalue weighted by Crippen LogP contribution is -2.64. The van der Waals surface area contributed by atoms with Gasteiger partial charge in [-0.25, -0.2) is 4.57 Å². The predicted octanol–water partition coefficient (Wildman–Crippen LogP) is 12.5. The Kier molecular flexibility index (Phi) is 42.2. The van der Waals surface area contributed by atoms with Gasteiger partial charge in [-0.2, -0.15) is 0 Å². The minimum atomic E-state index is -5.13. The van der Waals surface area contributed by atoms with E-state index in [2.05, 4.69) is 44.2 Å². The highest BCUT2D eigenvalue weighted by Gasteiger charge is 2.51. The van der Waals surface area contributed by atoms with Crippen LogP contribution in [0.5, 0.6) is 0 Å². The van der Waals surface area contributed by atoms with Crippen LogP contribution in [0.15, 0.2) is 36.5 Å². The smallest absolute Gasteiger partial charge is 0.462 e. The average Bonchev–Trinajstić information content (AvgIpc) is 3.33. The number of phosphoric ester groups is 1. The van der Waals surface area contributed by atoms with Gasteiger partial charge in [0.25, 0.3) is 0 Å². The molecule has 1 fully saturated rings. The molecular formula is C55H101O13P. The molecule has 0 aromatic carbocycles. The molecule has 0 heterocycles. The van der Waals surface area contributed by atoms with Crippen LogP contribution in [0.3, 0.4) is 0 Å². The van der Waals surface area contributed by atoms with Crippen molar-refractivity contribution in [3.05, 3.63) is 36.5 Å². The Morgan fingerprint density at radius 3 is 1.19 bits per heavy atom. The molecule has 13 nitrogen and oxygen atoms in total. The summed E-state index contributed by atoms with van der Waals surface area (Å²) in [6, 6.07) is 0. The lowest BCUT2D eigenvalue weighted by Gasteiger charge is -2.41. The SMILES string of the molecule is CCCCCCCC/C=C/CCCCCCCCCC(=O)O[C@@H](COC(=O)CCC/C=C/CC/C=C/CCCCCCCCCCCCCCCC)COP(=O)(O)OC1C(O)C(O)C(O)[C@H](O)C1O. The summed E-state index contributed by atoms with van der Waals surface area (Å²) in [4.78, 5) is 35.9. The number of esters is 2. The Morgan fingerprint density at radius 1 is 0.435 bits per heavy atom. The highest BCUT2D eigenvalue weighted by Crippen LogP contribution is 2.47. The van der Waals surface area contributed by atoms with E-state index >= 15 is 0 Å². The summed E-state index contributed by atoms with van der Waals surface area (Å²) in [5.41, 5.74) is 0. The van der Waals surface area contributed by atoms with E-state index in [1.54, 1.807) is 0 Å². The third kappa shape index (κ3) is 36.6. The van der Waals surface area contributed by atoms with E-state index in [9.17, 15) is 44.6 Å². The summed E-state index contributed by atoms with van der Waals surface area (Å²) in [7, 11) is -5.13. The Balaban J connectivity index is 2.37. The van der Waals surface area contributed by atoms with Gasteiger partial charge in [0.15, 0.2) is 6.10 Å². The monoisotopic (exact) mass is 1000 g/mol. The largest absolute Gasteiger partial charge is 0.472 e. The van der Waals surface area contributed by atoms with Crippen molar-refractivity contribution in [2.24, 2.45) is 0 Å². The highest BCUT2D eigenvalue weighted by atomic mass is 31.2. The number of phosphoric acid groups is 1. The standard InChI is InChI=1S/C55H101O13P/c1-3-5-7-9-11-13-15-17-19-21-22-23-24-25-26-28-29-31-33-35-37-39-41-43-48(56)65-45-47(46-66-69(63,64)68-55-53(61)51(59)50(58)52(60)54(55)62)67-49(57)44-42-40-38-36-34-32-30-27-20-18-16-14-12-10-8-6-4-2/h18,20,28-29,35,37,47,50-55,58-62H,3-17,19,21-27,30-34,36,38-46H2,1-2H3,(H,63,64)/b20-18+,29-28+,37-35+/t47-,50?,51-,52?,53?,54?,55?/m0/s1. The van der Waals surface area contributed by atoms with Crippen LogP contribution in [0.4, 0.5) is 0 Å². The number of aliphatic hydroxyl groups excluding tert-OH is 5. The van der Waals surface area contributed by atoms with Gasteiger partial charge in [-0.05, 0) is 70.6 Å². The number of hydrogen-bond donors (Lipinski definition) is 6. The number of hydrogen-bond acceptors (Lipinski definition) is 12. The fraction of sp³-hybridized carbons (Fsp3) is 0.855. The molecule has 8 atom stereocenters. The van der Waals surface area contributed by atoms with Crippen LogP contribution in [-0.4, -0.2) is 98.3 Å². The van der Waals surface area contributed by atoms with Crippen LogP contribution in [0.1, 0.15) is 245 Å². The van der Waals surface area contributed by atoms with Crippen molar-refractivity contribution in [3.8, 4) is 0 Å². The number of carbonyl (C=O) groups is 2. The van der Waals surface area contributed by atoms with Gasteiger partial charge in [-0.15, -0.1) is 0 Å². The van der Waals surface area contributed by atoms with Gasteiger partial charge < -0.3 is 39.9 Å². The molecule has 0 aromatic heterocycles. The molecule has 0 spiro atoms. The van der Waals surface area contributed by atoms with Crippen molar-refractivity contribution in [2.75, 3.05) is 13.2 Å². The summed E-state index contributed by atoms with van der Waals surface area (Å²) in [6.07, 6.45) is 40.6. The maximum atomic E-state index is 12.9. The summed E-state index contributed by atoms with van der Waals surface area (Å²) in [5, 5.41) is 50.3. The van der Waals surface area contributed by atoms with Crippen molar-refractivity contribution < 1.29 is 63.1 Å². The summed E-state index contributed by atoms with van der Waals surface area (Å²) < 4.78 is 33.6. The molecule has 0 amide bonds. The molecule has 1 aliphatic carbocycles. The molecule has 0 radical (unpaired) electrons. The molecule has 1 saturated carbocycles. The normalized spacial score (nSPS) is 21.1. The Hall–Kier alpha value is -1.93. The van der Waals surface area contributed by atoms with E-state index in [4.69, 9.17) is 18.5 Å². The highest BCUT2D eigenvalue weighted by molar-refractivity contribution is 7.47. The van der Waals surface area contributed by atoms with Crippen LogP contribution < -0.4 is 0 Å². The third-order valence-electron chi connectivity index (χ3n) is 12.9. The molecule has 0 saturated heterocycles. The van der Waals surface area contributed by atoms with Crippen LogP contribution in [0.2, 0.25) is 0 Å². The lowest BCUT2D eigenvalue weighted by atomic mass is 9.85. The number of allylic oxidation sites excluding steroid dienone is 6. The molecule has 404 valence electrons. The maximum Gasteiger partial charge on any atom is 0.472 e. The zero-order valence-electron chi connectivity index (χ0n) is 43.4. The first-order chi connectivity index (χ1) is 33.4. The van der Waals surface area contributed by atoms with Gasteiger partial charge >= 0.3 is 19.8 Å². The van der Waals surface area contributed by atoms with E-state index in [1.807, 2.05) is 6.08 Å². The first kappa shape index (κ1) is 65.1. The Labute approximate surface area is 418 Å². The first-order valence-corrected chi connectivity index (χ1v) is 29.3. The Morgan fingerprint density at radius 2 is 0.768 bits per heavy atom. The second kappa shape index (κ2) is 44.7. The van der Waals surface area contributed by atoms with Crippen molar-refractivity contribution in [1.82, 2.24) is 0 Å². The van der Waals surface area contributed by atoms with Crippen molar-refractivity contribution in [1.29, 1.82) is 0 Å². The lowest BCUT2D eigenvalue weighted by molar-refractivity contribution is -0.220. The van der Waals surface area contributed by atoms with E-state index in [1.165, 1.54) is 141 Å². The number of carbonyl (C=O) groups excluding carboxylic acids is 2. The van der Waals surface area contributed by atoms with E-state index < -0.39 is 75.7 Å². The number of unbranched alkanes of at least 4 members (excludes halogenated alkanes) is 29. The maximum absolute atomic E-state index is 12.9. The van der Waals surface area contributed by atoms with Crippen LogP contribution in [-0.2, 0) is 32.7 Å². The number of rotatable bonds is 47. The van der Waals surface area contributed by atoms with Crippen molar-refractivity contribution >= 4 is 19.8 Å². The van der Waals surface area contributed by atoms with Gasteiger partial charge in [-0.1, -0.05) is 198 Å². The van der Waals surface area contributed by atoms with Gasteiger partial charge in [-0.3, -0.25) is 18.6 Å². The topological polar surface area (TPSA) is 210 Å². The van der Waals surface area contributed by atoms with Gasteiger partial charge in [0, 0.05) is 12.8 Å². The summed E-state index contributed by atoms with van der Waals surface area (Å²) in [6.45, 7) is 3.30. The molecule has 1 rings (SSSR count). The fourth-order valence-corrected chi connectivity index (χ4v) is 9.45. The summed E-state index contributed by atoms with van der Waals surface area (Å²) in [5.74, 6) is -1.15. The minimum absolute atomic E-state index is 0.0846. The molecule has 6 N–H and O–H groups in total. The Bertz CT molecular complexity index is 1340. The zero-order chi connectivity index (χ0) is 50.6. The first-order valence-electron chi connectivity index (χ1n) is 27.8. The molecule has 0 aromatic rings.